The van der Waals surface area contributed by atoms with Gasteiger partial charge in [0.05, 0.1) is 11.8 Å². The number of pyridine rings is 1. The highest BCUT2D eigenvalue weighted by Gasteiger charge is 2.27. The van der Waals surface area contributed by atoms with Gasteiger partial charge in [0.1, 0.15) is 0 Å². The molecule has 0 radical (unpaired) electrons. The van der Waals surface area contributed by atoms with Gasteiger partial charge in [0.2, 0.25) is 0 Å². The molecule has 0 fully saturated rings. The van der Waals surface area contributed by atoms with Crippen LogP contribution in [0.3, 0.4) is 0 Å². The van der Waals surface area contributed by atoms with Crippen LogP contribution in [0, 0.1) is 0 Å². The lowest BCUT2D eigenvalue weighted by molar-refractivity contribution is 0.0922. The summed E-state index contributed by atoms with van der Waals surface area (Å²) in [4.78, 5) is 15.9. The molecule has 34 heavy (non-hydrogen) atoms. The molecule has 0 aliphatic carbocycles. The predicted molar refractivity (Wildman–Crippen MR) is 136 cm³/mol. The van der Waals surface area contributed by atoms with Gasteiger partial charge in [0, 0.05) is 29.4 Å². The van der Waals surface area contributed by atoms with Crippen LogP contribution in [0.4, 0.5) is 4.79 Å². The van der Waals surface area contributed by atoms with Crippen LogP contribution in [0.2, 0.25) is 0 Å². The Morgan fingerprint density at radius 2 is 1.56 bits per heavy atom. The Morgan fingerprint density at radius 3 is 2.15 bits per heavy atom. The van der Waals surface area contributed by atoms with Crippen molar-refractivity contribution in [1.82, 2.24) is 15.6 Å². The van der Waals surface area contributed by atoms with Gasteiger partial charge in [0.15, 0.2) is 0 Å². The molecule has 3 aromatic rings. The molecule has 1 amide bonds. The first kappa shape index (κ1) is 25.4. The van der Waals surface area contributed by atoms with Crippen molar-refractivity contribution in [2.75, 3.05) is 0 Å². The summed E-state index contributed by atoms with van der Waals surface area (Å²) in [7, 11) is 0. The summed E-state index contributed by atoms with van der Waals surface area (Å²) >= 11 is 0. The molecule has 1 aromatic heterocycles. The summed E-state index contributed by atoms with van der Waals surface area (Å²) in [5.74, 6) is 0. The summed E-state index contributed by atoms with van der Waals surface area (Å²) in [5.41, 5.74) is 3.81. The topological polar surface area (TPSA) is 94.5 Å². The van der Waals surface area contributed by atoms with Gasteiger partial charge in [-0.3, -0.25) is 4.98 Å². The van der Waals surface area contributed by atoms with E-state index in [-0.39, 0.29) is 11.6 Å². The van der Waals surface area contributed by atoms with Crippen molar-refractivity contribution in [2.45, 2.75) is 63.8 Å². The van der Waals surface area contributed by atoms with Gasteiger partial charge in [0.25, 0.3) is 0 Å². The third kappa shape index (κ3) is 8.28. The first-order valence-corrected chi connectivity index (χ1v) is 11.7. The van der Waals surface area contributed by atoms with Gasteiger partial charge in [-0.15, -0.1) is 0 Å². The van der Waals surface area contributed by atoms with Crippen LogP contribution in [0.25, 0.3) is 11.3 Å². The van der Waals surface area contributed by atoms with E-state index in [1.165, 1.54) is 0 Å². The Balaban J connectivity index is 1.72. The van der Waals surface area contributed by atoms with E-state index in [1.54, 1.807) is 6.20 Å². The maximum absolute atomic E-state index is 11.5. The Kier molecular flexibility index (Phi) is 8.79. The molecule has 3 atom stereocenters. The van der Waals surface area contributed by atoms with E-state index in [2.05, 4.69) is 36.4 Å². The number of aliphatic hydroxyl groups is 1. The van der Waals surface area contributed by atoms with Crippen LogP contribution >= 0.6 is 0 Å². The molecule has 2 aromatic carbocycles. The molecule has 0 bridgehead atoms. The van der Waals surface area contributed by atoms with Gasteiger partial charge in [-0.2, -0.15) is 0 Å². The molecular formula is C28H35N3O3. The molecule has 1 unspecified atom stereocenters. The zero-order valence-corrected chi connectivity index (χ0v) is 20.1. The maximum Gasteiger partial charge on any atom is 0.404 e. The molecule has 3 rings (SSSR count). The van der Waals surface area contributed by atoms with Crippen LogP contribution < -0.4 is 10.6 Å². The first-order valence-electron chi connectivity index (χ1n) is 11.7. The molecule has 0 saturated heterocycles. The molecule has 6 heteroatoms. The van der Waals surface area contributed by atoms with Crippen molar-refractivity contribution in [3.8, 4) is 11.3 Å². The molecule has 0 spiro atoms. The average Bonchev–Trinajstić information content (AvgIpc) is 2.79. The van der Waals surface area contributed by atoms with Crippen LogP contribution in [0.5, 0.6) is 0 Å². The fraction of sp³-hybridized carbons (Fsp3) is 0.357. The summed E-state index contributed by atoms with van der Waals surface area (Å²) in [6.45, 7) is 6.19. The molecule has 4 N–H and O–H groups in total. The van der Waals surface area contributed by atoms with Crippen molar-refractivity contribution >= 4 is 6.09 Å². The van der Waals surface area contributed by atoms with Crippen LogP contribution in [-0.2, 0) is 12.8 Å². The number of aromatic nitrogens is 1. The average molecular weight is 462 g/mol. The normalized spacial score (nSPS) is 14.2. The number of carbonyl (C=O) groups is 1. The Labute approximate surface area is 202 Å². The smallest absolute Gasteiger partial charge is 0.404 e. The van der Waals surface area contributed by atoms with Crippen molar-refractivity contribution in [3.05, 3.63) is 90.1 Å². The van der Waals surface area contributed by atoms with E-state index in [0.29, 0.717) is 19.3 Å². The third-order valence-electron chi connectivity index (χ3n) is 5.63. The number of nitrogens with zero attached hydrogens (tertiary/aromatic N) is 1. The number of aliphatic hydroxyl groups excluding tert-OH is 1. The van der Waals surface area contributed by atoms with Crippen LogP contribution in [0.15, 0.2) is 79.0 Å². The Morgan fingerprint density at radius 1 is 0.912 bits per heavy atom. The van der Waals surface area contributed by atoms with E-state index in [9.17, 15) is 15.0 Å². The Hall–Kier alpha value is -3.22. The fourth-order valence-corrected chi connectivity index (χ4v) is 4.16. The lowest BCUT2D eigenvalue weighted by Crippen LogP contribution is -2.52. The summed E-state index contributed by atoms with van der Waals surface area (Å²) in [6, 6.07) is 23.1. The minimum absolute atomic E-state index is 0.197. The standard InChI is InChI=1S/C28H35N3O3/c1-28(2,3)31-25(18-20-9-5-4-6-10-20)26(32)19-23(30-27(33)34)17-21-12-14-22(15-13-21)24-11-7-8-16-29-24/h4-16,23,25-26,30-32H,17-19H2,1-3H3,(H,33,34)/t23?,25-,26-/m0/s1. The summed E-state index contributed by atoms with van der Waals surface area (Å²) in [5, 5.41) is 26.7. The molecule has 6 nitrogen and oxygen atoms in total. The number of hydrogen-bond donors (Lipinski definition) is 4. The summed E-state index contributed by atoms with van der Waals surface area (Å²) in [6.07, 6.45) is 1.37. The fourth-order valence-electron chi connectivity index (χ4n) is 4.16. The molecule has 0 aliphatic rings. The number of carboxylic acid groups (broad SMARTS) is 1. The number of benzene rings is 2. The molecule has 1 heterocycles. The molecule has 180 valence electrons. The maximum atomic E-state index is 11.5. The highest BCUT2D eigenvalue weighted by atomic mass is 16.4. The van der Waals surface area contributed by atoms with E-state index in [0.717, 1.165) is 22.4 Å². The zero-order chi connectivity index (χ0) is 24.6. The number of hydrogen-bond acceptors (Lipinski definition) is 4. The van der Waals surface area contributed by atoms with Gasteiger partial charge in [-0.25, -0.2) is 4.79 Å². The molecular weight excluding hydrogens is 426 g/mol. The highest BCUT2D eigenvalue weighted by molar-refractivity contribution is 5.65. The quantitative estimate of drug-likeness (QED) is 0.352. The lowest BCUT2D eigenvalue weighted by Gasteiger charge is -2.33. The van der Waals surface area contributed by atoms with Crippen LogP contribution in [-0.4, -0.2) is 45.0 Å². The second-order valence-corrected chi connectivity index (χ2v) is 9.76. The van der Waals surface area contributed by atoms with Gasteiger partial charge in [-0.05, 0) is 63.3 Å². The van der Waals surface area contributed by atoms with E-state index < -0.39 is 18.2 Å². The lowest BCUT2D eigenvalue weighted by atomic mass is 9.91. The minimum Gasteiger partial charge on any atom is -0.465 e. The van der Waals surface area contributed by atoms with Crippen molar-refractivity contribution < 1.29 is 15.0 Å². The van der Waals surface area contributed by atoms with Crippen molar-refractivity contribution in [1.29, 1.82) is 0 Å². The van der Waals surface area contributed by atoms with E-state index >= 15 is 0 Å². The molecule has 0 saturated carbocycles. The monoisotopic (exact) mass is 461 g/mol. The number of nitrogens with one attached hydrogen (secondary N) is 2. The second-order valence-electron chi connectivity index (χ2n) is 9.76. The minimum atomic E-state index is -1.09. The largest absolute Gasteiger partial charge is 0.465 e. The Bertz CT molecular complexity index is 1020. The van der Waals surface area contributed by atoms with Gasteiger partial charge >= 0.3 is 6.09 Å². The van der Waals surface area contributed by atoms with Crippen molar-refractivity contribution in [2.24, 2.45) is 0 Å². The van der Waals surface area contributed by atoms with E-state index in [1.807, 2.05) is 72.8 Å². The summed E-state index contributed by atoms with van der Waals surface area (Å²) < 4.78 is 0. The van der Waals surface area contributed by atoms with Crippen molar-refractivity contribution in [3.63, 3.8) is 0 Å². The predicted octanol–water partition coefficient (Wildman–Crippen LogP) is 4.68. The van der Waals surface area contributed by atoms with Gasteiger partial charge in [-0.1, -0.05) is 60.7 Å². The highest BCUT2D eigenvalue weighted by Crippen LogP contribution is 2.20. The number of rotatable bonds is 10. The third-order valence-corrected chi connectivity index (χ3v) is 5.63. The van der Waals surface area contributed by atoms with E-state index in [4.69, 9.17) is 0 Å². The number of amides is 1. The zero-order valence-electron chi connectivity index (χ0n) is 20.1. The second kappa shape index (κ2) is 11.8. The first-order chi connectivity index (χ1) is 16.2. The molecule has 0 aliphatic heterocycles. The SMILES string of the molecule is CC(C)(C)N[C@@H](Cc1ccccc1)[C@@H](O)CC(Cc1ccc(-c2ccccn2)cc1)NC(=O)O. The van der Waals surface area contributed by atoms with Gasteiger partial charge < -0.3 is 20.8 Å². The van der Waals surface area contributed by atoms with Crippen LogP contribution in [0.1, 0.15) is 38.3 Å².